The van der Waals surface area contributed by atoms with Crippen molar-refractivity contribution in [3.05, 3.63) is 17.7 Å². The van der Waals surface area contributed by atoms with Crippen LogP contribution in [-0.4, -0.2) is 96.9 Å². The van der Waals surface area contributed by atoms with Crippen LogP contribution in [0, 0.1) is 11.8 Å². The van der Waals surface area contributed by atoms with Crippen LogP contribution in [0.5, 0.6) is 0 Å². The number of amides is 2. The molecule has 4 rings (SSSR count). The monoisotopic (exact) mass is 531 g/mol. The van der Waals surface area contributed by atoms with E-state index in [4.69, 9.17) is 14.5 Å². The number of unbranched alkanes of at least 4 members (excludes halogenated alkanes) is 1. The first-order chi connectivity index (χ1) is 18.5. The predicted molar refractivity (Wildman–Crippen MR) is 147 cm³/mol. The number of carbonyl (C=O) groups excluding carboxylic acids is 2. The number of ether oxygens (including phenoxy) is 2. The van der Waals surface area contributed by atoms with Crippen LogP contribution in [0.4, 0.5) is 0 Å². The first-order valence-electron chi connectivity index (χ1n) is 14.9. The van der Waals surface area contributed by atoms with Gasteiger partial charge in [0, 0.05) is 64.9 Å². The molecule has 2 atom stereocenters. The fourth-order valence-corrected chi connectivity index (χ4v) is 6.32. The van der Waals surface area contributed by atoms with Gasteiger partial charge in [-0.25, -0.2) is 4.98 Å². The van der Waals surface area contributed by atoms with Crippen LogP contribution >= 0.6 is 0 Å². The topological polar surface area (TPSA) is 88.9 Å². The van der Waals surface area contributed by atoms with Crippen LogP contribution in [0.1, 0.15) is 87.4 Å². The molecule has 38 heavy (non-hydrogen) atoms. The van der Waals surface area contributed by atoms with Gasteiger partial charge in [0.2, 0.25) is 5.91 Å². The van der Waals surface area contributed by atoms with Gasteiger partial charge in [-0.1, -0.05) is 33.1 Å². The van der Waals surface area contributed by atoms with Gasteiger partial charge in [0.15, 0.2) is 0 Å². The summed E-state index contributed by atoms with van der Waals surface area (Å²) in [6.45, 7) is 10.4. The fourth-order valence-electron chi connectivity index (χ4n) is 6.32. The van der Waals surface area contributed by atoms with Gasteiger partial charge in [0.25, 0.3) is 5.91 Å². The molecule has 2 amide bonds. The highest BCUT2D eigenvalue weighted by molar-refractivity contribution is 5.93. The molecule has 0 aromatic carbocycles. The summed E-state index contributed by atoms with van der Waals surface area (Å²) in [6, 6.07) is -0.0244. The van der Waals surface area contributed by atoms with E-state index < -0.39 is 0 Å². The molecule has 1 aromatic rings. The Hall–Kier alpha value is -1.97. The first kappa shape index (κ1) is 29.0. The zero-order chi connectivity index (χ0) is 26.9. The molecule has 3 heterocycles. The van der Waals surface area contributed by atoms with Gasteiger partial charge in [-0.05, 0) is 38.0 Å². The Balaban J connectivity index is 1.54. The van der Waals surface area contributed by atoms with Crippen LogP contribution in [0.25, 0.3) is 0 Å². The summed E-state index contributed by atoms with van der Waals surface area (Å²) in [5.74, 6) is 1.95. The van der Waals surface area contributed by atoms with E-state index in [1.54, 1.807) is 7.11 Å². The molecular weight excluding hydrogens is 482 g/mol. The molecule has 3 aliphatic rings. The van der Waals surface area contributed by atoms with E-state index in [1.807, 2.05) is 16.0 Å². The van der Waals surface area contributed by atoms with Gasteiger partial charge in [-0.3, -0.25) is 9.59 Å². The number of imidazole rings is 1. The van der Waals surface area contributed by atoms with Crippen LogP contribution < -0.4 is 5.32 Å². The molecule has 0 bridgehead atoms. The third-order valence-electron chi connectivity index (χ3n) is 8.32. The summed E-state index contributed by atoms with van der Waals surface area (Å²) in [5.41, 5.74) is 0.699. The van der Waals surface area contributed by atoms with Gasteiger partial charge >= 0.3 is 0 Å². The average Bonchev–Trinajstić information content (AvgIpc) is 3.38. The van der Waals surface area contributed by atoms with Crippen LogP contribution in [0.2, 0.25) is 0 Å². The molecule has 0 radical (unpaired) electrons. The van der Waals surface area contributed by atoms with Crippen LogP contribution in [-0.2, 0) is 20.8 Å². The lowest BCUT2D eigenvalue weighted by atomic mass is 9.88. The molecule has 9 nitrogen and oxygen atoms in total. The van der Waals surface area contributed by atoms with Crippen molar-refractivity contribution in [3.63, 3.8) is 0 Å². The predicted octanol–water partition coefficient (Wildman–Crippen LogP) is 3.29. The second-order valence-corrected chi connectivity index (χ2v) is 11.7. The van der Waals surface area contributed by atoms with E-state index in [9.17, 15) is 9.59 Å². The Morgan fingerprint density at radius 2 is 1.92 bits per heavy atom. The van der Waals surface area contributed by atoms with Crippen molar-refractivity contribution < 1.29 is 19.1 Å². The number of rotatable bonds is 11. The smallest absolute Gasteiger partial charge is 0.272 e. The lowest BCUT2D eigenvalue weighted by molar-refractivity contribution is -0.140. The Morgan fingerprint density at radius 3 is 2.63 bits per heavy atom. The molecule has 1 saturated carbocycles. The van der Waals surface area contributed by atoms with Crippen molar-refractivity contribution >= 4 is 11.8 Å². The van der Waals surface area contributed by atoms with E-state index in [0.717, 1.165) is 44.7 Å². The van der Waals surface area contributed by atoms with Crippen molar-refractivity contribution in [1.29, 1.82) is 0 Å². The van der Waals surface area contributed by atoms with Crippen molar-refractivity contribution in [1.82, 2.24) is 24.7 Å². The summed E-state index contributed by atoms with van der Waals surface area (Å²) >= 11 is 0. The largest absolute Gasteiger partial charge is 0.385 e. The van der Waals surface area contributed by atoms with Crippen molar-refractivity contribution in [2.24, 2.45) is 11.8 Å². The third kappa shape index (κ3) is 7.36. The molecule has 1 aromatic heterocycles. The molecule has 1 N–H and O–H groups in total. The molecule has 2 aliphatic heterocycles. The molecule has 214 valence electrons. The average molecular weight is 532 g/mol. The fraction of sp³-hybridized carbons (Fsp3) is 0.828. The number of carbonyl (C=O) groups is 2. The Morgan fingerprint density at radius 1 is 1.16 bits per heavy atom. The van der Waals surface area contributed by atoms with Crippen LogP contribution in [0.3, 0.4) is 0 Å². The number of piperidine rings is 1. The van der Waals surface area contributed by atoms with Gasteiger partial charge in [0.1, 0.15) is 11.5 Å². The standard InChI is InChI=1S/C29H49N5O4/c1-22(2)21-34(25-17-24(18-30-19-25)28(35)32-12-15-38-16-13-32)29(36)26-20-31-27(23-9-5-4-6-10-23)33(26)11-7-8-14-37-3/h20,22-25,30H,4-19,21H2,1-3H3/t24-,25+/m1/s1. The molecular formula is C29H49N5O4. The van der Waals surface area contributed by atoms with Crippen molar-refractivity contribution in [2.45, 2.75) is 83.7 Å². The molecule has 0 spiro atoms. The SMILES string of the molecule is COCCCCn1c(C(=O)N(CC(C)C)[C@@H]2CNC[C@H](C(=O)N3CCOCC3)C2)cnc1C1CCCCC1. The van der Waals surface area contributed by atoms with E-state index in [2.05, 4.69) is 23.7 Å². The number of nitrogens with zero attached hydrogens (tertiary/aromatic N) is 4. The number of hydrogen-bond donors (Lipinski definition) is 1. The van der Waals surface area contributed by atoms with Gasteiger partial charge in [0.05, 0.1) is 25.3 Å². The number of methoxy groups -OCH3 is 1. The summed E-state index contributed by atoms with van der Waals surface area (Å²) < 4.78 is 12.9. The van der Waals surface area contributed by atoms with E-state index in [-0.39, 0.29) is 23.8 Å². The molecule has 1 aliphatic carbocycles. The zero-order valence-corrected chi connectivity index (χ0v) is 23.8. The minimum absolute atomic E-state index is 0.0244. The lowest BCUT2D eigenvalue weighted by Gasteiger charge is -2.40. The van der Waals surface area contributed by atoms with Crippen LogP contribution in [0.15, 0.2) is 6.20 Å². The number of morpholine rings is 1. The second kappa shape index (κ2) is 14.4. The summed E-state index contributed by atoms with van der Waals surface area (Å²) in [4.78, 5) is 36.4. The summed E-state index contributed by atoms with van der Waals surface area (Å²) in [7, 11) is 1.73. The van der Waals surface area contributed by atoms with Crippen molar-refractivity contribution in [2.75, 3.05) is 59.7 Å². The number of hydrogen-bond acceptors (Lipinski definition) is 6. The number of nitrogens with one attached hydrogen (secondary N) is 1. The van der Waals surface area contributed by atoms with E-state index in [0.29, 0.717) is 69.9 Å². The lowest BCUT2D eigenvalue weighted by Crippen LogP contribution is -2.56. The highest BCUT2D eigenvalue weighted by atomic mass is 16.5. The highest BCUT2D eigenvalue weighted by Crippen LogP contribution is 2.33. The zero-order valence-electron chi connectivity index (χ0n) is 23.8. The Bertz CT molecular complexity index is 892. The summed E-state index contributed by atoms with van der Waals surface area (Å²) in [5, 5.41) is 3.48. The quantitative estimate of drug-likeness (QED) is 0.441. The Labute approximate surface area is 228 Å². The third-order valence-corrected chi connectivity index (χ3v) is 8.32. The van der Waals surface area contributed by atoms with Gasteiger partial charge in [-0.15, -0.1) is 0 Å². The molecule has 9 heteroatoms. The van der Waals surface area contributed by atoms with Crippen molar-refractivity contribution in [3.8, 4) is 0 Å². The summed E-state index contributed by atoms with van der Waals surface area (Å²) in [6.07, 6.45) is 10.5. The number of aromatic nitrogens is 2. The highest BCUT2D eigenvalue weighted by Gasteiger charge is 2.36. The minimum atomic E-state index is -0.119. The maximum Gasteiger partial charge on any atom is 0.272 e. The molecule has 0 unspecified atom stereocenters. The minimum Gasteiger partial charge on any atom is -0.385 e. The molecule has 2 saturated heterocycles. The molecule has 3 fully saturated rings. The van der Waals surface area contributed by atoms with E-state index >= 15 is 0 Å². The second-order valence-electron chi connectivity index (χ2n) is 11.7. The first-order valence-corrected chi connectivity index (χ1v) is 14.9. The maximum atomic E-state index is 14.3. The van der Waals surface area contributed by atoms with E-state index in [1.165, 1.54) is 19.3 Å². The van der Waals surface area contributed by atoms with Gasteiger partial charge < -0.3 is 29.2 Å². The Kier molecular flexibility index (Phi) is 11.0. The normalized spacial score (nSPS) is 23.1. The maximum absolute atomic E-state index is 14.3. The van der Waals surface area contributed by atoms with Gasteiger partial charge in [-0.2, -0.15) is 0 Å².